The van der Waals surface area contributed by atoms with E-state index >= 15 is 0 Å². The van der Waals surface area contributed by atoms with E-state index in [1.54, 1.807) is 0 Å². The molecule has 1 unspecified atom stereocenters. The van der Waals surface area contributed by atoms with E-state index in [1.165, 1.54) is 29.0 Å². The first-order chi connectivity index (χ1) is 9.45. The van der Waals surface area contributed by atoms with Gasteiger partial charge in [0.2, 0.25) is 0 Å². The average molecular weight is 289 g/mol. The van der Waals surface area contributed by atoms with Crippen molar-refractivity contribution in [1.29, 1.82) is 0 Å². The van der Waals surface area contributed by atoms with Crippen LogP contribution in [-0.2, 0) is 0 Å². The molecule has 0 saturated carbocycles. The van der Waals surface area contributed by atoms with Crippen molar-refractivity contribution in [2.45, 2.75) is 32.0 Å². The van der Waals surface area contributed by atoms with Crippen molar-refractivity contribution in [1.82, 2.24) is 9.97 Å². The molecule has 2 rings (SSSR count). The van der Waals surface area contributed by atoms with Crippen LogP contribution >= 0.6 is 11.8 Å². The number of hydrogen-bond donors (Lipinski definition) is 2. The molecule has 2 aromatic rings. The van der Waals surface area contributed by atoms with E-state index in [1.807, 2.05) is 6.92 Å². The maximum atomic E-state index is 11.4. The number of nitrogens with zero attached hydrogens (tertiary/aromatic N) is 1. The van der Waals surface area contributed by atoms with E-state index in [9.17, 15) is 4.79 Å². The molecule has 0 aliphatic heterocycles. The number of rotatable bonds is 4. The standard InChI is InChI=1S/C15H19N3OS/c1-9-4-5-10(2)12(6-9)13(16)8-20-15-17-11(3)7-14(19)18-15/h4-7,13H,8,16H2,1-3H3,(H,17,18,19). The first kappa shape index (κ1) is 14.8. The summed E-state index contributed by atoms with van der Waals surface area (Å²) in [7, 11) is 0. The van der Waals surface area contributed by atoms with Gasteiger partial charge in [0.05, 0.1) is 0 Å². The van der Waals surface area contributed by atoms with Crippen molar-refractivity contribution in [2.75, 3.05) is 5.75 Å². The summed E-state index contributed by atoms with van der Waals surface area (Å²) >= 11 is 1.47. The Kier molecular flexibility index (Phi) is 4.62. The molecule has 1 atom stereocenters. The van der Waals surface area contributed by atoms with Gasteiger partial charge in [0.15, 0.2) is 5.16 Å². The van der Waals surface area contributed by atoms with Gasteiger partial charge >= 0.3 is 0 Å². The minimum Gasteiger partial charge on any atom is -0.323 e. The Balaban J connectivity index is 2.10. The van der Waals surface area contributed by atoms with E-state index in [2.05, 4.69) is 42.0 Å². The van der Waals surface area contributed by atoms with Gasteiger partial charge in [-0.2, -0.15) is 0 Å². The molecule has 0 spiro atoms. The highest BCUT2D eigenvalue weighted by Gasteiger charge is 2.11. The molecule has 0 amide bonds. The summed E-state index contributed by atoms with van der Waals surface area (Å²) in [5, 5.41) is 0.621. The van der Waals surface area contributed by atoms with Gasteiger partial charge in [-0.15, -0.1) is 0 Å². The molecule has 0 saturated heterocycles. The van der Waals surface area contributed by atoms with Crippen LogP contribution in [0.4, 0.5) is 0 Å². The lowest BCUT2D eigenvalue weighted by Crippen LogP contribution is -2.16. The van der Waals surface area contributed by atoms with Gasteiger partial charge in [-0.1, -0.05) is 35.5 Å². The van der Waals surface area contributed by atoms with Crippen LogP contribution in [0.5, 0.6) is 0 Å². The van der Waals surface area contributed by atoms with Gasteiger partial charge in [-0.25, -0.2) is 4.98 Å². The maximum Gasteiger partial charge on any atom is 0.251 e. The maximum absolute atomic E-state index is 11.4. The molecule has 1 heterocycles. The highest BCUT2D eigenvalue weighted by molar-refractivity contribution is 7.99. The summed E-state index contributed by atoms with van der Waals surface area (Å²) in [6, 6.07) is 7.69. The third kappa shape index (κ3) is 3.71. The Morgan fingerprint density at radius 3 is 2.75 bits per heavy atom. The molecule has 1 aromatic heterocycles. The zero-order chi connectivity index (χ0) is 14.7. The molecule has 106 valence electrons. The molecule has 20 heavy (non-hydrogen) atoms. The van der Waals surface area contributed by atoms with Crippen LogP contribution in [0, 0.1) is 20.8 Å². The van der Waals surface area contributed by atoms with Gasteiger partial charge in [-0.3, -0.25) is 4.79 Å². The average Bonchev–Trinajstić information content (AvgIpc) is 2.38. The molecule has 5 heteroatoms. The molecule has 0 bridgehead atoms. The quantitative estimate of drug-likeness (QED) is 0.670. The number of H-pyrrole nitrogens is 1. The lowest BCUT2D eigenvalue weighted by molar-refractivity contribution is 0.814. The topological polar surface area (TPSA) is 71.8 Å². The van der Waals surface area contributed by atoms with Crippen LogP contribution in [0.2, 0.25) is 0 Å². The van der Waals surface area contributed by atoms with Crippen LogP contribution < -0.4 is 11.3 Å². The van der Waals surface area contributed by atoms with E-state index in [-0.39, 0.29) is 11.6 Å². The largest absolute Gasteiger partial charge is 0.323 e. The van der Waals surface area contributed by atoms with Crippen LogP contribution in [-0.4, -0.2) is 15.7 Å². The highest BCUT2D eigenvalue weighted by Crippen LogP contribution is 2.23. The number of thioether (sulfide) groups is 1. The molecular weight excluding hydrogens is 270 g/mol. The van der Waals surface area contributed by atoms with E-state index in [4.69, 9.17) is 5.73 Å². The van der Waals surface area contributed by atoms with Crippen LogP contribution in [0.1, 0.15) is 28.4 Å². The van der Waals surface area contributed by atoms with Gasteiger partial charge in [-0.05, 0) is 31.9 Å². The Morgan fingerprint density at radius 2 is 2.05 bits per heavy atom. The lowest BCUT2D eigenvalue weighted by Gasteiger charge is -2.15. The third-order valence-electron chi connectivity index (χ3n) is 3.08. The minimum absolute atomic E-state index is 0.0780. The SMILES string of the molecule is Cc1ccc(C)c(C(N)CSc2nc(C)cc(=O)[nH]2)c1. The Hall–Kier alpha value is -1.59. The third-order valence-corrected chi connectivity index (χ3v) is 4.07. The minimum atomic E-state index is -0.125. The number of hydrogen-bond acceptors (Lipinski definition) is 4. The fourth-order valence-corrected chi connectivity index (χ4v) is 2.94. The van der Waals surface area contributed by atoms with E-state index in [0.717, 1.165) is 11.3 Å². The second-order valence-electron chi connectivity index (χ2n) is 4.97. The second kappa shape index (κ2) is 6.24. The molecule has 0 radical (unpaired) electrons. The van der Waals surface area contributed by atoms with E-state index < -0.39 is 0 Å². The molecular formula is C15H19N3OS. The normalized spacial score (nSPS) is 12.4. The van der Waals surface area contributed by atoms with Crippen molar-refractivity contribution in [2.24, 2.45) is 5.73 Å². The summed E-state index contributed by atoms with van der Waals surface area (Å²) in [4.78, 5) is 18.4. The summed E-state index contributed by atoms with van der Waals surface area (Å²) in [5.41, 5.74) is 10.4. The molecule has 3 N–H and O–H groups in total. The van der Waals surface area contributed by atoms with Gasteiger partial charge in [0.1, 0.15) is 0 Å². The van der Waals surface area contributed by atoms with Crippen molar-refractivity contribution >= 4 is 11.8 Å². The zero-order valence-corrected chi connectivity index (χ0v) is 12.8. The van der Waals surface area contributed by atoms with Crippen LogP contribution in [0.25, 0.3) is 0 Å². The van der Waals surface area contributed by atoms with Crippen molar-refractivity contribution in [3.05, 3.63) is 57.0 Å². The fourth-order valence-electron chi connectivity index (χ4n) is 2.04. The lowest BCUT2D eigenvalue weighted by atomic mass is 10.0. The molecule has 0 aliphatic carbocycles. The number of aromatic nitrogens is 2. The number of benzene rings is 1. The predicted molar refractivity (Wildman–Crippen MR) is 83.2 cm³/mol. The number of aromatic amines is 1. The van der Waals surface area contributed by atoms with Crippen molar-refractivity contribution in [3.63, 3.8) is 0 Å². The van der Waals surface area contributed by atoms with Crippen molar-refractivity contribution < 1.29 is 0 Å². The summed E-state index contributed by atoms with van der Waals surface area (Å²) in [5.74, 6) is 0.677. The molecule has 1 aromatic carbocycles. The predicted octanol–water partition coefficient (Wildman–Crippen LogP) is 2.49. The summed E-state index contributed by atoms with van der Waals surface area (Å²) in [6.07, 6.45) is 0. The van der Waals surface area contributed by atoms with Gasteiger partial charge in [0.25, 0.3) is 5.56 Å². The fraction of sp³-hybridized carbons (Fsp3) is 0.333. The van der Waals surface area contributed by atoms with Crippen LogP contribution in [0.15, 0.2) is 34.2 Å². The second-order valence-corrected chi connectivity index (χ2v) is 5.98. The van der Waals surface area contributed by atoms with Crippen LogP contribution in [0.3, 0.4) is 0 Å². The highest BCUT2D eigenvalue weighted by atomic mass is 32.2. The summed E-state index contributed by atoms with van der Waals surface area (Å²) in [6.45, 7) is 5.93. The Labute approximate surface area is 122 Å². The monoisotopic (exact) mass is 289 g/mol. The van der Waals surface area contributed by atoms with Gasteiger partial charge in [0, 0.05) is 23.6 Å². The number of nitrogens with two attached hydrogens (primary N) is 1. The van der Waals surface area contributed by atoms with Gasteiger partial charge < -0.3 is 10.7 Å². The number of nitrogens with one attached hydrogen (secondary N) is 1. The number of aryl methyl sites for hydroxylation is 3. The first-order valence-corrected chi connectivity index (χ1v) is 7.48. The molecule has 4 nitrogen and oxygen atoms in total. The summed E-state index contributed by atoms with van der Waals surface area (Å²) < 4.78 is 0. The van der Waals surface area contributed by atoms with Crippen molar-refractivity contribution in [3.8, 4) is 0 Å². The smallest absolute Gasteiger partial charge is 0.251 e. The van der Waals surface area contributed by atoms with E-state index in [0.29, 0.717) is 10.9 Å². The molecule has 0 fully saturated rings. The Bertz CT molecular complexity index is 666. The molecule has 0 aliphatic rings. The Morgan fingerprint density at radius 1 is 1.30 bits per heavy atom. The zero-order valence-electron chi connectivity index (χ0n) is 11.9. The first-order valence-electron chi connectivity index (χ1n) is 6.49.